The van der Waals surface area contributed by atoms with Crippen LogP contribution in [0.3, 0.4) is 0 Å². The summed E-state index contributed by atoms with van der Waals surface area (Å²) in [6.07, 6.45) is -0.755. The van der Waals surface area contributed by atoms with E-state index in [9.17, 15) is 13.6 Å². The standard InChI is InChI=1S/C10H10F2O2/c1-7-4-2-3-5-8(7)6-10(11,12)9(13)14/h2-5H,6H2,1H3,(H,13,14). The molecule has 0 amide bonds. The monoisotopic (exact) mass is 200 g/mol. The summed E-state index contributed by atoms with van der Waals surface area (Å²) in [5, 5.41) is 8.24. The van der Waals surface area contributed by atoms with E-state index in [1.807, 2.05) is 0 Å². The maximum Gasteiger partial charge on any atom is 0.374 e. The average molecular weight is 200 g/mol. The van der Waals surface area contributed by atoms with Gasteiger partial charge in [-0.3, -0.25) is 0 Å². The van der Waals surface area contributed by atoms with Gasteiger partial charge in [0.2, 0.25) is 0 Å². The fraction of sp³-hybridized carbons (Fsp3) is 0.300. The molecule has 76 valence electrons. The van der Waals surface area contributed by atoms with Gasteiger partial charge in [0.15, 0.2) is 0 Å². The van der Waals surface area contributed by atoms with Crippen LogP contribution in [-0.2, 0) is 11.2 Å². The number of alkyl halides is 2. The van der Waals surface area contributed by atoms with Crippen molar-refractivity contribution in [2.24, 2.45) is 0 Å². The third kappa shape index (κ3) is 2.28. The number of halogens is 2. The van der Waals surface area contributed by atoms with Gasteiger partial charge in [0.1, 0.15) is 0 Å². The summed E-state index contributed by atoms with van der Waals surface area (Å²) < 4.78 is 25.6. The van der Waals surface area contributed by atoms with Crippen molar-refractivity contribution < 1.29 is 18.7 Å². The third-order valence-corrected chi connectivity index (χ3v) is 1.99. The highest BCUT2D eigenvalue weighted by Crippen LogP contribution is 2.22. The van der Waals surface area contributed by atoms with Crippen molar-refractivity contribution in [2.45, 2.75) is 19.3 Å². The second-order valence-corrected chi connectivity index (χ2v) is 3.11. The van der Waals surface area contributed by atoms with Crippen LogP contribution in [0.25, 0.3) is 0 Å². The number of carboxylic acids is 1. The predicted molar refractivity (Wildman–Crippen MR) is 47.5 cm³/mol. The Labute approximate surface area is 80.2 Å². The number of hydrogen-bond donors (Lipinski definition) is 1. The summed E-state index contributed by atoms with van der Waals surface area (Å²) >= 11 is 0. The Morgan fingerprint density at radius 1 is 1.43 bits per heavy atom. The van der Waals surface area contributed by atoms with Gasteiger partial charge in [0, 0.05) is 6.42 Å². The molecule has 0 aromatic heterocycles. The topological polar surface area (TPSA) is 37.3 Å². The number of aliphatic carboxylic acids is 1. The van der Waals surface area contributed by atoms with Crippen LogP contribution < -0.4 is 0 Å². The molecule has 0 unspecified atom stereocenters. The summed E-state index contributed by atoms with van der Waals surface area (Å²) in [6, 6.07) is 6.51. The first kappa shape index (κ1) is 10.6. The van der Waals surface area contributed by atoms with Crippen molar-refractivity contribution in [2.75, 3.05) is 0 Å². The van der Waals surface area contributed by atoms with E-state index < -0.39 is 18.3 Å². The van der Waals surface area contributed by atoms with Crippen molar-refractivity contribution in [3.63, 3.8) is 0 Å². The molecule has 1 rings (SSSR count). The van der Waals surface area contributed by atoms with Gasteiger partial charge in [-0.2, -0.15) is 8.78 Å². The van der Waals surface area contributed by atoms with Gasteiger partial charge in [0.05, 0.1) is 0 Å². The number of benzene rings is 1. The lowest BCUT2D eigenvalue weighted by Crippen LogP contribution is -2.30. The van der Waals surface area contributed by atoms with Crippen LogP contribution in [0.2, 0.25) is 0 Å². The Kier molecular flexibility index (Phi) is 2.84. The van der Waals surface area contributed by atoms with Gasteiger partial charge in [-0.05, 0) is 18.1 Å². The molecule has 0 bridgehead atoms. The van der Waals surface area contributed by atoms with Crippen LogP contribution >= 0.6 is 0 Å². The molecule has 0 radical (unpaired) electrons. The molecule has 0 atom stereocenters. The van der Waals surface area contributed by atoms with Crippen molar-refractivity contribution in [1.82, 2.24) is 0 Å². The summed E-state index contributed by atoms with van der Waals surface area (Å²) in [7, 11) is 0. The maximum absolute atomic E-state index is 12.8. The molecule has 4 heteroatoms. The molecule has 14 heavy (non-hydrogen) atoms. The Morgan fingerprint density at radius 3 is 2.50 bits per heavy atom. The van der Waals surface area contributed by atoms with E-state index in [0.29, 0.717) is 11.1 Å². The van der Waals surface area contributed by atoms with Crippen molar-refractivity contribution in [1.29, 1.82) is 0 Å². The second kappa shape index (κ2) is 3.74. The Bertz CT molecular complexity index is 348. The Balaban J connectivity index is 2.89. The van der Waals surface area contributed by atoms with Gasteiger partial charge in [0.25, 0.3) is 0 Å². The van der Waals surface area contributed by atoms with Crippen LogP contribution in [0.4, 0.5) is 8.78 Å². The molecular weight excluding hydrogens is 190 g/mol. The van der Waals surface area contributed by atoms with Gasteiger partial charge >= 0.3 is 11.9 Å². The average Bonchev–Trinajstić information content (AvgIpc) is 2.08. The molecule has 0 aliphatic carbocycles. The van der Waals surface area contributed by atoms with Crippen molar-refractivity contribution in [3.8, 4) is 0 Å². The maximum atomic E-state index is 12.8. The SMILES string of the molecule is Cc1ccccc1CC(F)(F)C(=O)O. The molecule has 0 aliphatic rings. The van der Waals surface area contributed by atoms with Crippen LogP contribution in [0.1, 0.15) is 11.1 Å². The highest BCUT2D eigenvalue weighted by atomic mass is 19.3. The molecular formula is C10H10F2O2. The first-order valence-corrected chi connectivity index (χ1v) is 4.09. The number of hydrogen-bond acceptors (Lipinski definition) is 1. The van der Waals surface area contributed by atoms with E-state index >= 15 is 0 Å². The second-order valence-electron chi connectivity index (χ2n) is 3.11. The third-order valence-electron chi connectivity index (χ3n) is 1.99. The molecule has 0 spiro atoms. The highest BCUT2D eigenvalue weighted by Gasteiger charge is 2.38. The van der Waals surface area contributed by atoms with Gasteiger partial charge in [-0.1, -0.05) is 24.3 Å². The lowest BCUT2D eigenvalue weighted by molar-refractivity contribution is -0.164. The first-order chi connectivity index (χ1) is 6.43. The lowest BCUT2D eigenvalue weighted by atomic mass is 10.0. The van der Waals surface area contributed by atoms with E-state index in [2.05, 4.69) is 0 Å². The fourth-order valence-electron chi connectivity index (χ4n) is 1.12. The van der Waals surface area contributed by atoms with Gasteiger partial charge in [-0.15, -0.1) is 0 Å². The van der Waals surface area contributed by atoms with E-state index in [4.69, 9.17) is 5.11 Å². The molecule has 0 saturated heterocycles. The fourth-order valence-corrected chi connectivity index (χ4v) is 1.12. The number of carbonyl (C=O) groups is 1. The van der Waals surface area contributed by atoms with E-state index in [1.165, 1.54) is 6.07 Å². The van der Waals surface area contributed by atoms with E-state index in [-0.39, 0.29) is 0 Å². The van der Waals surface area contributed by atoms with Crippen LogP contribution in [0, 0.1) is 6.92 Å². The largest absolute Gasteiger partial charge is 0.477 e. The zero-order valence-electron chi connectivity index (χ0n) is 7.63. The minimum absolute atomic E-state index is 0.361. The summed E-state index contributed by atoms with van der Waals surface area (Å²) in [5.41, 5.74) is 1.04. The number of aryl methyl sites for hydroxylation is 1. The zero-order valence-corrected chi connectivity index (χ0v) is 7.63. The number of carboxylic acid groups (broad SMARTS) is 1. The van der Waals surface area contributed by atoms with Gasteiger partial charge in [-0.25, -0.2) is 4.79 Å². The first-order valence-electron chi connectivity index (χ1n) is 4.09. The molecule has 0 heterocycles. The Hall–Kier alpha value is -1.45. The highest BCUT2D eigenvalue weighted by molar-refractivity contribution is 5.75. The normalized spacial score (nSPS) is 11.4. The summed E-state index contributed by atoms with van der Waals surface area (Å²) in [4.78, 5) is 10.2. The zero-order chi connectivity index (χ0) is 10.8. The summed E-state index contributed by atoms with van der Waals surface area (Å²) in [6.45, 7) is 1.67. The van der Waals surface area contributed by atoms with Crippen LogP contribution in [-0.4, -0.2) is 17.0 Å². The van der Waals surface area contributed by atoms with Crippen LogP contribution in [0.15, 0.2) is 24.3 Å². The summed E-state index contributed by atoms with van der Waals surface area (Å²) in [5.74, 6) is -5.77. The van der Waals surface area contributed by atoms with E-state index in [1.54, 1.807) is 25.1 Å². The molecule has 1 N–H and O–H groups in total. The van der Waals surface area contributed by atoms with Crippen molar-refractivity contribution >= 4 is 5.97 Å². The smallest absolute Gasteiger partial charge is 0.374 e. The quantitative estimate of drug-likeness (QED) is 0.812. The van der Waals surface area contributed by atoms with Gasteiger partial charge < -0.3 is 5.11 Å². The minimum atomic E-state index is -3.69. The molecule has 2 nitrogen and oxygen atoms in total. The molecule has 1 aromatic carbocycles. The molecule has 0 saturated carbocycles. The molecule has 1 aromatic rings. The molecule has 0 fully saturated rings. The minimum Gasteiger partial charge on any atom is -0.477 e. The van der Waals surface area contributed by atoms with Crippen molar-refractivity contribution in [3.05, 3.63) is 35.4 Å². The molecule has 0 aliphatic heterocycles. The Morgan fingerprint density at radius 2 is 2.00 bits per heavy atom. The predicted octanol–water partition coefficient (Wildman–Crippen LogP) is 2.26. The van der Waals surface area contributed by atoms with E-state index in [0.717, 1.165) is 0 Å². The lowest BCUT2D eigenvalue weighted by Gasteiger charge is -2.12. The number of rotatable bonds is 3. The van der Waals surface area contributed by atoms with Crippen LogP contribution in [0.5, 0.6) is 0 Å².